The van der Waals surface area contributed by atoms with Crippen molar-refractivity contribution in [1.29, 1.82) is 0 Å². The first-order valence-electron chi connectivity index (χ1n) is 7.38. The molecule has 0 bridgehead atoms. The van der Waals surface area contributed by atoms with Crippen LogP contribution in [0.25, 0.3) is 16.6 Å². The zero-order chi connectivity index (χ0) is 16.0. The molecule has 1 aromatic carbocycles. The van der Waals surface area contributed by atoms with Crippen LogP contribution < -0.4 is 0 Å². The molecule has 3 aromatic rings. The number of carbonyl (C=O) groups is 1. The fraction of sp³-hybridized carbons (Fsp3) is 0.250. The summed E-state index contributed by atoms with van der Waals surface area (Å²) in [7, 11) is 0. The van der Waals surface area contributed by atoms with Crippen molar-refractivity contribution in [3.63, 3.8) is 0 Å². The van der Waals surface area contributed by atoms with Crippen LogP contribution >= 0.6 is 0 Å². The van der Waals surface area contributed by atoms with E-state index in [0.717, 1.165) is 16.6 Å². The van der Waals surface area contributed by atoms with E-state index < -0.39 is 6.10 Å². The van der Waals surface area contributed by atoms with E-state index in [-0.39, 0.29) is 5.91 Å². The fourth-order valence-electron chi connectivity index (χ4n) is 2.74. The molecule has 1 aliphatic rings. The van der Waals surface area contributed by atoms with Crippen molar-refractivity contribution < 1.29 is 9.90 Å². The standard InChI is InChI=1S/C16H15N5O2/c1-10-15(16(23)20-8-13(22)9-20)18-19-21(10)12-4-5-14-11(7-12)3-2-6-17-14/h2-7,13,22H,8-9H2,1H3. The van der Waals surface area contributed by atoms with E-state index in [1.54, 1.807) is 15.8 Å². The number of pyridine rings is 1. The minimum absolute atomic E-state index is 0.193. The van der Waals surface area contributed by atoms with Gasteiger partial charge >= 0.3 is 0 Å². The lowest BCUT2D eigenvalue weighted by Gasteiger charge is -2.35. The molecule has 4 rings (SSSR count). The van der Waals surface area contributed by atoms with Gasteiger partial charge in [0.05, 0.1) is 23.0 Å². The van der Waals surface area contributed by atoms with E-state index in [2.05, 4.69) is 15.3 Å². The van der Waals surface area contributed by atoms with Gasteiger partial charge in [-0.3, -0.25) is 9.78 Å². The van der Waals surface area contributed by atoms with Crippen LogP contribution in [0.3, 0.4) is 0 Å². The molecule has 0 saturated carbocycles. The third-order valence-corrected chi connectivity index (χ3v) is 4.08. The average molecular weight is 309 g/mol. The third-order valence-electron chi connectivity index (χ3n) is 4.08. The lowest BCUT2D eigenvalue weighted by Crippen LogP contribution is -2.53. The highest BCUT2D eigenvalue weighted by atomic mass is 16.3. The van der Waals surface area contributed by atoms with Gasteiger partial charge in [-0.2, -0.15) is 0 Å². The number of hydrogen-bond acceptors (Lipinski definition) is 5. The number of benzene rings is 1. The maximum absolute atomic E-state index is 12.3. The van der Waals surface area contributed by atoms with Gasteiger partial charge in [0.1, 0.15) is 0 Å². The average Bonchev–Trinajstić information content (AvgIpc) is 2.92. The third kappa shape index (κ3) is 2.25. The summed E-state index contributed by atoms with van der Waals surface area (Å²) in [4.78, 5) is 18.2. The number of β-amino-alcohol motifs (C(OH)–C–C–N with tert-alkyl or cyclic N) is 1. The topological polar surface area (TPSA) is 84.1 Å². The molecule has 1 fully saturated rings. The maximum atomic E-state index is 12.3. The molecule has 116 valence electrons. The normalized spacial score (nSPS) is 15.0. The molecule has 0 unspecified atom stereocenters. The molecule has 2 aromatic heterocycles. The van der Waals surface area contributed by atoms with Crippen LogP contribution in [-0.4, -0.2) is 55.1 Å². The van der Waals surface area contributed by atoms with Gasteiger partial charge < -0.3 is 10.0 Å². The Kier molecular flexibility index (Phi) is 3.09. The van der Waals surface area contributed by atoms with Gasteiger partial charge in [-0.1, -0.05) is 11.3 Å². The molecule has 0 spiro atoms. The Bertz CT molecular complexity index is 898. The van der Waals surface area contributed by atoms with Crippen LogP contribution in [0.1, 0.15) is 16.2 Å². The number of fused-ring (bicyclic) bond motifs is 1. The number of nitrogens with zero attached hydrogens (tertiary/aromatic N) is 5. The summed E-state index contributed by atoms with van der Waals surface area (Å²) < 4.78 is 1.65. The number of carbonyl (C=O) groups excluding carboxylic acids is 1. The summed E-state index contributed by atoms with van der Waals surface area (Å²) in [6, 6.07) is 9.64. The minimum atomic E-state index is -0.428. The summed E-state index contributed by atoms with van der Waals surface area (Å²) >= 11 is 0. The van der Waals surface area contributed by atoms with Gasteiger partial charge in [0.15, 0.2) is 5.69 Å². The predicted octanol–water partition coefficient (Wildman–Crippen LogP) is 0.941. The lowest BCUT2D eigenvalue weighted by molar-refractivity contribution is 0.00544. The molecular formula is C16H15N5O2. The number of likely N-dealkylation sites (tertiary alicyclic amines) is 1. The van der Waals surface area contributed by atoms with E-state index in [1.165, 1.54) is 0 Å². The Labute approximate surface area is 132 Å². The van der Waals surface area contributed by atoms with Crippen LogP contribution in [0.15, 0.2) is 36.5 Å². The summed E-state index contributed by atoms with van der Waals surface area (Å²) in [6.07, 6.45) is 1.32. The fourth-order valence-corrected chi connectivity index (χ4v) is 2.74. The molecule has 7 heteroatoms. The van der Waals surface area contributed by atoms with Crippen molar-refractivity contribution in [1.82, 2.24) is 24.9 Å². The van der Waals surface area contributed by atoms with E-state index >= 15 is 0 Å². The number of aromatic nitrogens is 4. The Morgan fingerprint density at radius 3 is 2.91 bits per heavy atom. The smallest absolute Gasteiger partial charge is 0.276 e. The number of aliphatic hydroxyl groups excluding tert-OH is 1. The highest BCUT2D eigenvalue weighted by Gasteiger charge is 2.32. The van der Waals surface area contributed by atoms with E-state index in [1.807, 2.05) is 37.3 Å². The van der Waals surface area contributed by atoms with Gasteiger partial charge in [-0.05, 0) is 31.2 Å². The van der Waals surface area contributed by atoms with Crippen molar-refractivity contribution in [2.45, 2.75) is 13.0 Å². The molecule has 3 heterocycles. The second-order valence-corrected chi connectivity index (χ2v) is 5.68. The molecule has 1 saturated heterocycles. The van der Waals surface area contributed by atoms with Crippen LogP contribution in [-0.2, 0) is 0 Å². The predicted molar refractivity (Wildman–Crippen MR) is 83.3 cm³/mol. The minimum Gasteiger partial charge on any atom is -0.389 e. The summed E-state index contributed by atoms with van der Waals surface area (Å²) in [6.45, 7) is 2.52. The molecule has 1 amide bonds. The zero-order valence-corrected chi connectivity index (χ0v) is 12.5. The highest BCUT2D eigenvalue weighted by molar-refractivity contribution is 5.94. The van der Waals surface area contributed by atoms with Crippen LogP contribution in [0, 0.1) is 6.92 Å². The number of aliphatic hydroxyl groups is 1. The molecule has 1 N–H and O–H groups in total. The van der Waals surface area contributed by atoms with Crippen molar-refractivity contribution in [3.05, 3.63) is 47.9 Å². The Balaban J connectivity index is 1.70. The summed E-state index contributed by atoms with van der Waals surface area (Å²) in [5.41, 5.74) is 2.74. The van der Waals surface area contributed by atoms with E-state index in [9.17, 15) is 9.90 Å². The SMILES string of the molecule is Cc1c(C(=O)N2CC(O)C2)nnn1-c1ccc2ncccc2c1. The first-order valence-corrected chi connectivity index (χ1v) is 7.38. The number of rotatable bonds is 2. The first kappa shape index (κ1) is 13.8. The summed E-state index contributed by atoms with van der Waals surface area (Å²) in [5.74, 6) is -0.193. The van der Waals surface area contributed by atoms with Crippen molar-refractivity contribution in [2.75, 3.05) is 13.1 Å². The van der Waals surface area contributed by atoms with Gasteiger partial charge in [-0.15, -0.1) is 5.10 Å². The van der Waals surface area contributed by atoms with Gasteiger partial charge in [0.25, 0.3) is 5.91 Å². The van der Waals surface area contributed by atoms with Gasteiger partial charge in [0, 0.05) is 24.7 Å². The Morgan fingerprint density at radius 1 is 1.30 bits per heavy atom. The molecule has 0 aliphatic carbocycles. The second-order valence-electron chi connectivity index (χ2n) is 5.68. The number of hydrogen-bond donors (Lipinski definition) is 1. The molecular weight excluding hydrogens is 294 g/mol. The molecule has 7 nitrogen and oxygen atoms in total. The molecule has 23 heavy (non-hydrogen) atoms. The van der Waals surface area contributed by atoms with Crippen LogP contribution in [0.5, 0.6) is 0 Å². The molecule has 1 aliphatic heterocycles. The number of amides is 1. The zero-order valence-electron chi connectivity index (χ0n) is 12.5. The lowest BCUT2D eigenvalue weighted by atomic mass is 10.1. The van der Waals surface area contributed by atoms with Crippen LogP contribution in [0.2, 0.25) is 0 Å². The molecule has 0 radical (unpaired) electrons. The monoisotopic (exact) mass is 309 g/mol. The first-order chi connectivity index (χ1) is 11.1. The van der Waals surface area contributed by atoms with Crippen molar-refractivity contribution >= 4 is 16.8 Å². The van der Waals surface area contributed by atoms with Gasteiger partial charge in [0.2, 0.25) is 0 Å². The van der Waals surface area contributed by atoms with Gasteiger partial charge in [-0.25, -0.2) is 4.68 Å². The van der Waals surface area contributed by atoms with Crippen LogP contribution in [0.4, 0.5) is 0 Å². The van der Waals surface area contributed by atoms with Crippen molar-refractivity contribution in [3.8, 4) is 5.69 Å². The van der Waals surface area contributed by atoms with E-state index in [4.69, 9.17) is 0 Å². The second kappa shape index (κ2) is 5.13. The quantitative estimate of drug-likeness (QED) is 0.761. The van der Waals surface area contributed by atoms with Crippen molar-refractivity contribution in [2.24, 2.45) is 0 Å². The Morgan fingerprint density at radius 2 is 2.13 bits per heavy atom. The molecule has 0 atom stereocenters. The summed E-state index contributed by atoms with van der Waals surface area (Å²) in [5, 5.41) is 18.5. The maximum Gasteiger partial charge on any atom is 0.276 e. The van der Waals surface area contributed by atoms with E-state index in [0.29, 0.717) is 24.5 Å². The highest BCUT2D eigenvalue weighted by Crippen LogP contribution is 2.20. The Hall–Kier alpha value is -2.80. The largest absolute Gasteiger partial charge is 0.389 e.